The molecule has 6 heteroatoms. The van der Waals surface area contributed by atoms with E-state index in [1.165, 1.54) is 12.8 Å². The number of benzene rings is 1. The van der Waals surface area contributed by atoms with Crippen molar-refractivity contribution in [1.29, 1.82) is 0 Å². The molecule has 0 radical (unpaired) electrons. The Morgan fingerprint density at radius 1 is 1.21 bits per heavy atom. The van der Waals surface area contributed by atoms with Gasteiger partial charge in [-0.15, -0.1) is 0 Å². The summed E-state index contributed by atoms with van der Waals surface area (Å²) >= 11 is 0. The third-order valence-electron chi connectivity index (χ3n) is 4.22. The molecule has 1 aromatic heterocycles. The van der Waals surface area contributed by atoms with Gasteiger partial charge in [0.05, 0.1) is 30.1 Å². The predicted octanol–water partition coefficient (Wildman–Crippen LogP) is 1.56. The second kappa shape index (κ2) is 4.09. The fraction of sp³-hybridized carbons (Fsp3) is 0.538. The molecule has 1 aliphatic heterocycles. The molecule has 2 aliphatic rings. The van der Waals surface area contributed by atoms with Crippen molar-refractivity contribution < 1.29 is 9.37 Å². The number of hydrogen-bond acceptors (Lipinski definition) is 6. The molecule has 2 unspecified atom stereocenters. The number of rotatable bonds is 1. The Hall–Kier alpha value is -1.82. The van der Waals surface area contributed by atoms with Gasteiger partial charge in [-0.2, -0.15) is 0 Å². The number of nitrogens with zero attached hydrogens (tertiary/aromatic N) is 3. The molecule has 1 saturated heterocycles. The quantitative estimate of drug-likeness (QED) is 0.784. The lowest BCUT2D eigenvalue weighted by atomic mass is 10.1. The maximum atomic E-state index is 5.90. The molecule has 19 heavy (non-hydrogen) atoms. The number of nitrogens with two attached hydrogens (primary N) is 1. The van der Waals surface area contributed by atoms with Crippen LogP contribution in [0.2, 0.25) is 0 Å². The van der Waals surface area contributed by atoms with E-state index < -0.39 is 0 Å². The van der Waals surface area contributed by atoms with Gasteiger partial charge in [0, 0.05) is 6.54 Å². The first-order valence-corrected chi connectivity index (χ1v) is 6.73. The van der Waals surface area contributed by atoms with Crippen LogP contribution in [0.25, 0.3) is 11.0 Å². The van der Waals surface area contributed by atoms with Crippen LogP contribution in [-0.4, -0.2) is 35.6 Å². The summed E-state index contributed by atoms with van der Waals surface area (Å²) in [6.45, 7) is 1.64. The van der Waals surface area contributed by atoms with E-state index in [0.29, 0.717) is 23.3 Å². The molecule has 6 nitrogen and oxygen atoms in total. The molecule has 2 N–H and O–H groups in total. The van der Waals surface area contributed by atoms with Crippen LogP contribution in [0.5, 0.6) is 0 Å². The van der Waals surface area contributed by atoms with Crippen molar-refractivity contribution >= 4 is 22.4 Å². The Morgan fingerprint density at radius 3 is 3.05 bits per heavy atom. The van der Waals surface area contributed by atoms with Gasteiger partial charge < -0.3 is 15.4 Å². The monoisotopic (exact) mass is 260 g/mol. The number of hydrogen-bond donors (Lipinski definition) is 1. The van der Waals surface area contributed by atoms with Gasteiger partial charge in [-0.25, -0.2) is 4.63 Å². The first-order valence-electron chi connectivity index (χ1n) is 6.73. The van der Waals surface area contributed by atoms with Crippen LogP contribution in [0.4, 0.5) is 11.4 Å². The van der Waals surface area contributed by atoms with Crippen molar-refractivity contribution in [2.24, 2.45) is 0 Å². The van der Waals surface area contributed by atoms with E-state index in [-0.39, 0.29) is 0 Å². The van der Waals surface area contributed by atoms with Crippen LogP contribution >= 0.6 is 0 Å². The van der Waals surface area contributed by atoms with Gasteiger partial charge in [-0.05, 0) is 41.7 Å². The summed E-state index contributed by atoms with van der Waals surface area (Å²) in [6.07, 6.45) is 3.89. The first kappa shape index (κ1) is 11.0. The van der Waals surface area contributed by atoms with Crippen LogP contribution in [0, 0.1) is 0 Å². The normalized spacial score (nSPS) is 26.8. The van der Waals surface area contributed by atoms with E-state index in [1.807, 2.05) is 12.1 Å². The number of anilines is 2. The zero-order chi connectivity index (χ0) is 12.8. The van der Waals surface area contributed by atoms with Gasteiger partial charge in [0.1, 0.15) is 0 Å². The van der Waals surface area contributed by atoms with Crippen molar-refractivity contribution in [3.63, 3.8) is 0 Å². The molecular weight excluding hydrogens is 244 g/mol. The molecular formula is C13H16N4O2. The van der Waals surface area contributed by atoms with Crippen molar-refractivity contribution in [3.8, 4) is 0 Å². The Morgan fingerprint density at radius 2 is 2.11 bits per heavy atom. The van der Waals surface area contributed by atoms with E-state index in [0.717, 1.165) is 30.8 Å². The summed E-state index contributed by atoms with van der Waals surface area (Å²) < 4.78 is 10.7. The molecule has 1 saturated carbocycles. The highest BCUT2D eigenvalue weighted by Gasteiger charge is 2.37. The van der Waals surface area contributed by atoms with Crippen molar-refractivity contribution in [2.45, 2.75) is 31.4 Å². The second-order valence-corrected chi connectivity index (χ2v) is 5.24. The Kier molecular flexibility index (Phi) is 2.38. The number of aromatic nitrogens is 2. The fourth-order valence-electron chi connectivity index (χ4n) is 3.33. The molecule has 100 valence electrons. The van der Waals surface area contributed by atoms with Crippen LogP contribution in [0.3, 0.4) is 0 Å². The van der Waals surface area contributed by atoms with Crippen molar-refractivity contribution in [3.05, 3.63) is 12.1 Å². The topological polar surface area (TPSA) is 77.4 Å². The third-order valence-corrected chi connectivity index (χ3v) is 4.22. The van der Waals surface area contributed by atoms with E-state index in [2.05, 4.69) is 15.2 Å². The molecule has 0 amide bonds. The van der Waals surface area contributed by atoms with Gasteiger partial charge in [0.15, 0.2) is 11.0 Å². The highest BCUT2D eigenvalue weighted by Crippen LogP contribution is 2.36. The summed E-state index contributed by atoms with van der Waals surface area (Å²) in [6, 6.07) is 4.33. The summed E-state index contributed by atoms with van der Waals surface area (Å²) in [5.74, 6) is 0. The second-order valence-electron chi connectivity index (χ2n) is 5.24. The van der Waals surface area contributed by atoms with Crippen LogP contribution in [-0.2, 0) is 4.74 Å². The molecule has 0 bridgehead atoms. The summed E-state index contributed by atoms with van der Waals surface area (Å²) in [4.78, 5) is 2.38. The molecule has 0 spiro atoms. The van der Waals surface area contributed by atoms with E-state index in [9.17, 15) is 0 Å². The summed E-state index contributed by atoms with van der Waals surface area (Å²) in [5, 5.41) is 7.91. The molecule has 2 heterocycles. The molecule has 2 atom stereocenters. The third kappa shape index (κ3) is 1.59. The molecule has 2 fully saturated rings. The summed E-state index contributed by atoms with van der Waals surface area (Å²) in [5.41, 5.74) is 8.98. The minimum Gasteiger partial charge on any atom is -0.397 e. The lowest BCUT2D eigenvalue weighted by Gasteiger charge is -2.39. The minimum atomic E-state index is 0.348. The van der Waals surface area contributed by atoms with E-state index >= 15 is 0 Å². The van der Waals surface area contributed by atoms with Crippen molar-refractivity contribution in [1.82, 2.24) is 10.3 Å². The van der Waals surface area contributed by atoms with Crippen LogP contribution in [0.1, 0.15) is 19.3 Å². The lowest BCUT2D eigenvalue weighted by molar-refractivity contribution is 0.0257. The number of nitrogen functional groups attached to an aromatic ring is 1. The Bertz CT molecular complexity index is 612. The average Bonchev–Trinajstić information content (AvgIpc) is 3.08. The number of ether oxygens (including phenoxy) is 1. The maximum absolute atomic E-state index is 5.90. The average molecular weight is 260 g/mol. The number of fused-ring (bicyclic) bond motifs is 2. The minimum absolute atomic E-state index is 0.348. The Balaban J connectivity index is 1.81. The number of morpholine rings is 1. The smallest absolute Gasteiger partial charge is 0.160 e. The summed E-state index contributed by atoms with van der Waals surface area (Å²) in [7, 11) is 0. The van der Waals surface area contributed by atoms with Gasteiger partial charge in [0.2, 0.25) is 0 Å². The Labute approximate surface area is 110 Å². The van der Waals surface area contributed by atoms with Crippen LogP contribution < -0.4 is 10.6 Å². The van der Waals surface area contributed by atoms with E-state index in [1.54, 1.807) is 0 Å². The van der Waals surface area contributed by atoms with Crippen LogP contribution in [0.15, 0.2) is 16.8 Å². The molecule has 2 aromatic rings. The standard InChI is InChI=1S/C13H16N4O2/c14-8-4-5-10(13-12(8)15-19-16-13)17-6-7-18-11-3-1-2-9(11)17/h4-5,9,11H,1-3,6-7,14H2. The molecule has 4 rings (SSSR count). The van der Waals surface area contributed by atoms with Gasteiger partial charge in [-0.1, -0.05) is 0 Å². The highest BCUT2D eigenvalue weighted by atomic mass is 16.6. The zero-order valence-corrected chi connectivity index (χ0v) is 10.6. The maximum Gasteiger partial charge on any atom is 0.160 e. The van der Waals surface area contributed by atoms with Gasteiger partial charge >= 0.3 is 0 Å². The molecule has 1 aromatic carbocycles. The highest BCUT2D eigenvalue weighted by molar-refractivity contribution is 5.95. The largest absolute Gasteiger partial charge is 0.397 e. The van der Waals surface area contributed by atoms with Gasteiger partial charge in [-0.3, -0.25) is 0 Å². The van der Waals surface area contributed by atoms with Crippen molar-refractivity contribution in [2.75, 3.05) is 23.8 Å². The molecule has 1 aliphatic carbocycles. The first-order chi connectivity index (χ1) is 9.34. The fourth-order valence-corrected chi connectivity index (χ4v) is 3.33. The predicted molar refractivity (Wildman–Crippen MR) is 70.9 cm³/mol. The SMILES string of the molecule is Nc1ccc(N2CCOC3CCCC32)c2nonc12. The zero-order valence-electron chi connectivity index (χ0n) is 10.6. The lowest BCUT2D eigenvalue weighted by Crippen LogP contribution is -2.48. The van der Waals surface area contributed by atoms with E-state index in [4.69, 9.17) is 15.1 Å². The van der Waals surface area contributed by atoms with Gasteiger partial charge in [0.25, 0.3) is 0 Å².